The van der Waals surface area contributed by atoms with Gasteiger partial charge < -0.3 is 19.3 Å². The minimum absolute atomic E-state index is 0.00492. The molecule has 0 heterocycles. The zero-order chi connectivity index (χ0) is 43.0. The van der Waals surface area contributed by atoms with E-state index >= 15 is 0 Å². The molecular weight excluding hydrogens is 711 g/mol. The predicted molar refractivity (Wildman–Crippen MR) is 218 cm³/mol. The Hall–Kier alpha value is -1.48. The highest BCUT2D eigenvalue weighted by Gasteiger charge is 2.45. The van der Waals surface area contributed by atoms with Crippen LogP contribution in [0.25, 0.3) is 0 Å². The third-order valence-corrected chi connectivity index (χ3v) is 13.1. The second-order valence-corrected chi connectivity index (χ2v) is 22.4. The largest absolute Gasteiger partial charge is 0.480 e. The van der Waals surface area contributed by atoms with Gasteiger partial charge in [0.1, 0.15) is 6.04 Å². The van der Waals surface area contributed by atoms with Gasteiger partial charge in [-0.3, -0.25) is 24.6 Å². The topological polar surface area (TPSA) is 161 Å². The number of ketones is 2. The first-order valence-electron chi connectivity index (χ1n) is 19.4. The van der Waals surface area contributed by atoms with E-state index in [0.717, 1.165) is 6.42 Å². The summed E-state index contributed by atoms with van der Waals surface area (Å²) in [5.74, 6) is -1.68. The molecule has 0 fully saturated rings. The van der Waals surface area contributed by atoms with Crippen LogP contribution in [0.4, 0.5) is 0 Å². The molecule has 0 bridgehead atoms. The smallest absolute Gasteiger partial charge is 0.320 e. The van der Waals surface area contributed by atoms with E-state index in [1.54, 1.807) is 48.7 Å². The third kappa shape index (κ3) is 16.9. The Kier molecular flexibility index (Phi) is 18.8. The summed E-state index contributed by atoms with van der Waals surface area (Å²) < 4.78 is 45.0. The monoisotopic (exact) mass is 792 g/mol. The van der Waals surface area contributed by atoms with Gasteiger partial charge >= 0.3 is 5.97 Å². The number of ether oxygens (including phenoxy) is 3. The average molecular weight is 792 g/mol. The number of carbonyl (C=O) groups is 3. The fourth-order valence-electron chi connectivity index (χ4n) is 7.72. The molecule has 0 radical (unpaired) electrons. The molecule has 0 saturated carbocycles. The SMILES string of the molecule is CNS(=O)(=O)CC(C)(C)CC(C)(C)C(=O)C(C)(C)NC(CCC(=O)C(C)(C)N(C)CCOC(C)(C)CCOC(C)(C)C(C)(C)CC(C)(C)COC)C(=O)O. The van der Waals surface area contributed by atoms with Crippen LogP contribution >= 0.6 is 0 Å². The molecule has 13 heteroatoms. The number of carboxylic acid groups (broad SMARTS) is 1. The van der Waals surface area contributed by atoms with E-state index in [1.807, 2.05) is 39.6 Å². The average Bonchev–Trinajstić information content (AvgIpc) is 2.96. The number of rotatable bonds is 28. The van der Waals surface area contributed by atoms with Crippen LogP contribution in [0.1, 0.15) is 143 Å². The molecule has 54 heavy (non-hydrogen) atoms. The van der Waals surface area contributed by atoms with Crippen LogP contribution in [0, 0.1) is 21.7 Å². The Bertz CT molecular complexity index is 1350. The molecule has 0 aliphatic heterocycles. The molecule has 0 aliphatic rings. The molecular formula is C41H81N3O9S. The molecule has 12 nitrogen and oxygen atoms in total. The summed E-state index contributed by atoms with van der Waals surface area (Å²) in [5, 5.41) is 13.1. The zero-order valence-corrected chi connectivity index (χ0v) is 38.5. The Labute approximate surface area is 330 Å². The number of carbonyl (C=O) groups excluding carboxylic acids is 2. The number of nitrogens with zero attached hydrogens (tertiary/aromatic N) is 1. The number of aliphatic carboxylic acids is 1. The molecule has 0 amide bonds. The lowest BCUT2D eigenvalue weighted by Gasteiger charge is -2.46. The molecule has 0 aromatic rings. The maximum absolute atomic E-state index is 13.8. The summed E-state index contributed by atoms with van der Waals surface area (Å²) in [7, 11) is 1.43. The number of nitrogens with one attached hydrogen (secondary N) is 2. The van der Waals surface area contributed by atoms with Crippen molar-refractivity contribution in [3.05, 3.63) is 0 Å². The summed E-state index contributed by atoms with van der Waals surface area (Å²) in [6, 6.07) is -1.15. The summed E-state index contributed by atoms with van der Waals surface area (Å²) in [6.45, 7) is 33.3. The molecule has 0 spiro atoms. The van der Waals surface area contributed by atoms with E-state index in [1.165, 1.54) is 7.05 Å². The second kappa shape index (κ2) is 19.3. The molecule has 0 saturated heterocycles. The first-order valence-corrected chi connectivity index (χ1v) is 21.0. The van der Waals surface area contributed by atoms with Crippen molar-refractivity contribution in [1.82, 2.24) is 14.9 Å². The van der Waals surface area contributed by atoms with Crippen molar-refractivity contribution in [2.75, 3.05) is 53.3 Å². The third-order valence-electron chi connectivity index (χ3n) is 11.3. The normalized spacial score (nSPS) is 15.1. The predicted octanol–water partition coefficient (Wildman–Crippen LogP) is 6.50. The van der Waals surface area contributed by atoms with Crippen molar-refractivity contribution in [1.29, 1.82) is 0 Å². The van der Waals surface area contributed by atoms with Crippen molar-refractivity contribution in [3.8, 4) is 0 Å². The van der Waals surface area contributed by atoms with Gasteiger partial charge in [0.25, 0.3) is 0 Å². The van der Waals surface area contributed by atoms with Crippen LogP contribution < -0.4 is 10.0 Å². The van der Waals surface area contributed by atoms with Crippen molar-refractivity contribution in [2.45, 2.75) is 171 Å². The lowest BCUT2D eigenvalue weighted by molar-refractivity contribution is -0.142. The van der Waals surface area contributed by atoms with E-state index in [9.17, 15) is 27.9 Å². The van der Waals surface area contributed by atoms with Gasteiger partial charge in [0.2, 0.25) is 10.0 Å². The Morgan fingerprint density at radius 3 is 1.81 bits per heavy atom. The first kappa shape index (κ1) is 52.5. The molecule has 0 aliphatic carbocycles. The molecule has 0 aromatic carbocycles. The van der Waals surface area contributed by atoms with Crippen molar-refractivity contribution in [2.24, 2.45) is 21.7 Å². The van der Waals surface area contributed by atoms with E-state index in [0.29, 0.717) is 32.8 Å². The van der Waals surface area contributed by atoms with Gasteiger partial charge in [-0.2, -0.15) is 0 Å². The van der Waals surface area contributed by atoms with Crippen LogP contribution in [-0.2, 0) is 38.6 Å². The highest BCUT2D eigenvalue weighted by molar-refractivity contribution is 7.89. The van der Waals surface area contributed by atoms with E-state index in [-0.39, 0.29) is 53.0 Å². The molecule has 0 rings (SSSR count). The van der Waals surface area contributed by atoms with Gasteiger partial charge in [-0.25, -0.2) is 13.1 Å². The number of Topliss-reactive ketones (excluding diaryl/α,β-unsaturated/α-hetero) is 2. The van der Waals surface area contributed by atoms with Gasteiger partial charge in [-0.05, 0) is 111 Å². The van der Waals surface area contributed by atoms with Gasteiger partial charge in [-0.15, -0.1) is 0 Å². The van der Waals surface area contributed by atoms with Crippen LogP contribution in [-0.4, -0.2) is 118 Å². The molecule has 1 atom stereocenters. The zero-order valence-electron chi connectivity index (χ0n) is 37.7. The Morgan fingerprint density at radius 2 is 1.33 bits per heavy atom. The van der Waals surface area contributed by atoms with Crippen LogP contribution in [0.5, 0.6) is 0 Å². The van der Waals surface area contributed by atoms with Gasteiger partial charge in [0.05, 0.1) is 47.9 Å². The van der Waals surface area contributed by atoms with Crippen LogP contribution in [0.15, 0.2) is 0 Å². The standard InChI is InChI=1S/C41H81N3O9S/c1-34(2,28-51-19)27-37(7,8)41(15,16)53-24-22-38(9,10)52-25-23-44(18)40(13,14)31(45)21-20-30(32(46)47)43-39(11,12)33(48)36(5,6)26-35(3,4)29-54(49,50)42-17/h30,42-43H,20-29H2,1-19H3,(H,46,47). The van der Waals surface area contributed by atoms with Gasteiger partial charge in [-0.1, -0.05) is 55.4 Å². The Balaban J connectivity index is 5.31. The number of likely N-dealkylation sites (N-methyl/N-ethyl adjacent to an activating group) is 1. The van der Waals surface area contributed by atoms with E-state index < -0.39 is 49.5 Å². The number of hydrogen-bond acceptors (Lipinski definition) is 10. The first-order chi connectivity index (χ1) is 23.9. The van der Waals surface area contributed by atoms with Gasteiger partial charge in [0, 0.05) is 25.5 Å². The lowest BCUT2D eigenvalue weighted by Crippen LogP contribution is -2.58. The van der Waals surface area contributed by atoms with Crippen molar-refractivity contribution in [3.63, 3.8) is 0 Å². The number of carboxylic acids is 1. The summed E-state index contributed by atoms with van der Waals surface area (Å²) >= 11 is 0. The number of sulfonamides is 1. The highest BCUT2D eigenvalue weighted by atomic mass is 32.2. The minimum atomic E-state index is -3.51. The van der Waals surface area contributed by atoms with Gasteiger partial charge in [0.15, 0.2) is 11.6 Å². The summed E-state index contributed by atoms with van der Waals surface area (Å²) in [6.07, 6.45) is 1.88. The number of methoxy groups -OCH3 is 1. The second-order valence-electron chi connectivity index (χ2n) is 20.5. The minimum Gasteiger partial charge on any atom is -0.480 e. The van der Waals surface area contributed by atoms with E-state index in [4.69, 9.17) is 14.2 Å². The van der Waals surface area contributed by atoms with Crippen molar-refractivity contribution < 1.29 is 42.1 Å². The Morgan fingerprint density at radius 1 is 0.796 bits per heavy atom. The van der Waals surface area contributed by atoms with E-state index in [2.05, 4.69) is 51.6 Å². The highest BCUT2D eigenvalue weighted by Crippen LogP contribution is 2.44. The lowest BCUT2D eigenvalue weighted by atomic mass is 9.67. The molecule has 0 aromatic heterocycles. The van der Waals surface area contributed by atoms with Crippen LogP contribution in [0.3, 0.4) is 0 Å². The summed E-state index contributed by atoms with van der Waals surface area (Å²) in [5.41, 5.74) is -4.74. The maximum Gasteiger partial charge on any atom is 0.320 e. The molecule has 1 unspecified atom stereocenters. The quantitative estimate of drug-likeness (QED) is 0.0794. The molecule has 3 N–H and O–H groups in total. The maximum atomic E-state index is 13.8. The summed E-state index contributed by atoms with van der Waals surface area (Å²) in [4.78, 5) is 41.6. The number of hydrogen-bond donors (Lipinski definition) is 3. The fourth-order valence-corrected chi connectivity index (χ4v) is 9.00. The molecule has 320 valence electrons. The fraction of sp³-hybridized carbons (Fsp3) is 0.927. The van der Waals surface area contributed by atoms with Crippen molar-refractivity contribution >= 4 is 27.6 Å². The van der Waals surface area contributed by atoms with Crippen LogP contribution in [0.2, 0.25) is 0 Å².